The minimum Gasteiger partial charge on any atom is -0.364 e. The molecule has 1 aromatic carbocycles. The Morgan fingerprint density at radius 3 is 2.86 bits per heavy atom. The van der Waals surface area contributed by atoms with Crippen LogP contribution in [0.5, 0.6) is 0 Å². The van der Waals surface area contributed by atoms with Crippen LogP contribution >= 0.6 is 0 Å². The molecule has 0 aromatic heterocycles. The molecule has 0 spiro atoms. The fourth-order valence-electron chi connectivity index (χ4n) is 2.22. The lowest BCUT2D eigenvalue weighted by atomic mass is 10.1. The molecule has 0 atom stereocenters. The van der Waals surface area contributed by atoms with Crippen molar-refractivity contribution in [3.63, 3.8) is 0 Å². The van der Waals surface area contributed by atoms with E-state index in [0.717, 1.165) is 17.8 Å². The molecule has 1 fully saturated rings. The van der Waals surface area contributed by atoms with Crippen molar-refractivity contribution in [2.24, 2.45) is 0 Å². The quantitative estimate of drug-likeness (QED) is 0.794. The second kappa shape index (κ2) is 7.09. The molecule has 1 amide bonds. The number of rotatable bonds is 7. The molecule has 21 heavy (non-hydrogen) atoms. The maximum Gasteiger partial charge on any atom is 0.239 e. The first-order chi connectivity index (χ1) is 10.1. The summed E-state index contributed by atoms with van der Waals surface area (Å²) in [6, 6.07) is 8.71. The summed E-state index contributed by atoms with van der Waals surface area (Å²) in [5.74, 6) is -0.0385. The highest BCUT2D eigenvalue weighted by Crippen LogP contribution is 2.22. The van der Waals surface area contributed by atoms with Crippen molar-refractivity contribution < 1.29 is 4.79 Å². The summed E-state index contributed by atoms with van der Waals surface area (Å²) >= 11 is 0. The molecule has 0 heterocycles. The lowest BCUT2D eigenvalue weighted by Crippen LogP contribution is -2.35. The van der Waals surface area contributed by atoms with E-state index in [1.54, 1.807) is 0 Å². The van der Waals surface area contributed by atoms with Crippen LogP contribution in [0.25, 0.3) is 0 Å². The Morgan fingerprint density at radius 1 is 1.48 bits per heavy atom. The van der Waals surface area contributed by atoms with Gasteiger partial charge in [0.15, 0.2) is 0 Å². The number of amides is 1. The van der Waals surface area contributed by atoms with Gasteiger partial charge in [-0.3, -0.25) is 4.79 Å². The van der Waals surface area contributed by atoms with E-state index >= 15 is 0 Å². The molecule has 0 aliphatic heterocycles. The third-order valence-corrected chi connectivity index (χ3v) is 3.52. The Bertz CT molecular complexity index is 546. The van der Waals surface area contributed by atoms with Crippen molar-refractivity contribution >= 4 is 11.6 Å². The molecule has 0 bridgehead atoms. The van der Waals surface area contributed by atoms with Crippen molar-refractivity contribution in [3.05, 3.63) is 29.3 Å². The van der Waals surface area contributed by atoms with Gasteiger partial charge in [-0.05, 0) is 37.5 Å². The van der Waals surface area contributed by atoms with Gasteiger partial charge in [0.1, 0.15) is 6.07 Å². The predicted molar refractivity (Wildman–Crippen MR) is 83.0 cm³/mol. The molecule has 1 aliphatic rings. The number of hydrogen-bond acceptors (Lipinski definition) is 4. The predicted octanol–water partition coefficient (Wildman–Crippen LogP) is 1.38. The number of benzene rings is 1. The number of anilines is 1. The largest absolute Gasteiger partial charge is 0.364 e. The first kappa shape index (κ1) is 15.3. The van der Waals surface area contributed by atoms with Crippen LogP contribution in [-0.2, 0) is 11.3 Å². The molecule has 1 aliphatic carbocycles. The Kier molecular flexibility index (Phi) is 5.18. The van der Waals surface area contributed by atoms with Crippen molar-refractivity contribution in [3.8, 4) is 6.07 Å². The lowest BCUT2D eigenvalue weighted by Gasteiger charge is -2.20. The van der Waals surface area contributed by atoms with E-state index in [1.807, 2.05) is 37.1 Å². The molecule has 112 valence electrons. The summed E-state index contributed by atoms with van der Waals surface area (Å²) in [5.41, 5.74) is 2.50. The van der Waals surface area contributed by atoms with Crippen LogP contribution in [0.1, 0.15) is 30.9 Å². The summed E-state index contributed by atoms with van der Waals surface area (Å²) in [6.45, 7) is 3.55. The van der Waals surface area contributed by atoms with Gasteiger partial charge in [-0.15, -0.1) is 0 Å². The normalized spacial score (nSPS) is 13.6. The van der Waals surface area contributed by atoms with Gasteiger partial charge in [-0.1, -0.05) is 6.07 Å². The van der Waals surface area contributed by atoms with Crippen LogP contribution in [0, 0.1) is 11.3 Å². The molecule has 2 rings (SSSR count). The van der Waals surface area contributed by atoms with Gasteiger partial charge in [0.05, 0.1) is 17.8 Å². The van der Waals surface area contributed by atoms with E-state index in [2.05, 4.69) is 16.7 Å². The van der Waals surface area contributed by atoms with Gasteiger partial charge >= 0.3 is 0 Å². The molecule has 5 heteroatoms. The molecule has 5 nitrogen and oxygen atoms in total. The molecular formula is C16H22N4O. The molecule has 1 aromatic rings. The van der Waals surface area contributed by atoms with E-state index in [-0.39, 0.29) is 12.5 Å². The fraction of sp³-hybridized carbons (Fsp3) is 0.500. The number of nitrogens with zero attached hydrogens (tertiary/aromatic N) is 2. The minimum atomic E-state index is -0.0385. The SMILES string of the molecule is CCNC(=O)CN(C)c1ccc(CNC2CC2)cc1C#N. The fourth-order valence-corrected chi connectivity index (χ4v) is 2.22. The molecule has 0 saturated heterocycles. The highest BCUT2D eigenvalue weighted by atomic mass is 16.2. The number of likely N-dealkylation sites (N-methyl/N-ethyl adjacent to an activating group) is 2. The molecule has 0 unspecified atom stereocenters. The Hall–Kier alpha value is -2.06. The average Bonchev–Trinajstić information content (AvgIpc) is 3.29. The molecule has 1 saturated carbocycles. The van der Waals surface area contributed by atoms with Crippen LogP contribution in [0.15, 0.2) is 18.2 Å². The standard InChI is InChI=1S/C16H22N4O/c1-3-18-16(21)11-20(2)15-7-4-12(8-13(15)9-17)10-19-14-5-6-14/h4,7-8,14,19H,3,5-6,10-11H2,1-2H3,(H,18,21). The third-order valence-electron chi connectivity index (χ3n) is 3.52. The Morgan fingerprint density at radius 2 is 2.24 bits per heavy atom. The number of carbonyl (C=O) groups is 1. The molecule has 0 radical (unpaired) electrons. The maximum atomic E-state index is 11.6. The highest BCUT2D eigenvalue weighted by Gasteiger charge is 2.20. The van der Waals surface area contributed by atoms with Crippen molar-refractivity contribution in [1.29, 1.82) is 5.26 Å². The summed E-state index contributed by atoms with van der Waals surface area (Å²) in [5, 5.41) is 15.5. The van der Waals surface area contributed by atoms with E-state index in [0.29, 0.717) is 18.2 Å². The van der Waals surface area contributed by atoms with E-state index < -0.39 is 0 Å². The van der Waals surface area contributed by atoms with Gasteiger partial charge in [0.2, 0.25) is 5.91 Å². The average molecular weight is 286 g/mol. The van der Waals surface area contributed by atoms with Crippen LogP contribution in [0.2, 0.25) is 0 Å². The van der Waals surface area contributed by atoms with Crippen LogP contribution in [0.4, 0.5) is 5.69 Å². The number of nitrogens with one attached hydrogen (secondary N) is 2. The van der Waals surface area contributed by atoms with E-state index in [4.69, 9.17) is 0 Å². The first-order valence-electron chi connectivity index (χ1n) is 7.38. The van der Waals surface area contributed by atoms with Crippen molar-refractivity contribution in [2.45, 2.75) is 32.4 Å². The van der Waals surface area contributed by atoms with Gasteiger partial charge in [0.25, 0.3) is 0 Å². The molecule has 2 N–H and O–H groups in total. The smallest absolute Gasteiger partial charge is 0.239 e. The first-order valence-corrected chi connectivity index (χ1v) is 7.38. The van der Waals surface area contributed by atoms with Crippen LogP contribution in [0.3, 0.4) is 0 Å². The highest BCUT2D eigenvalue weighted by molar-refractivity contribution is 5.81. The van der Waals surface area contributed by atoms with Crippen LogP contribution in [-0.4, -0.2) is 32.1 Å². The second-order valence-corrected chi connectivity index (χ2v) is 5.43. The molecular weight excluding hydrogens is 264 g/mol. The van der Waals surface area contributed by atoms with Crippen LogP contribution < -0.4 is 15.5 Å². The second-order valence-electron chi connectivity index (χ2n) is 5.43. The Labute approximate surface area is 125 Å². The minimum absolute atomic E-state index is 0.0385. The summed E-state index contributed by atoms with van der Waals surface area (Å²) < 4.78 is 0. The summed E-state index contributed by atoms with van der Waals surface area (Å²) in [4.78, 5) is 13.4. The zero-order valence-electron chi connectivity index (χ0n) is 12.6. The van der Waals surface area contributed by atoms with E-state index in [1.165, 1.54) is 12.8 Å². The zero-order chi connectivity index (χ0) is 15.2. The number of nitriles is 1. The number of carbonyl (C=O) groups excluding carboxylic acids is 1. The topological polar surface area (TPSA) is 68.2 Å². The summed E-state index contributed by atoms with van der Waals surface area (Å²) in [7, 11) is 1.83. The van der Waals surface area contributed by atoms with Crippen molar-refractivity contribution in [2.75, 3.05) is 25.0 Å². The monoisotopic (exact) mass is 286 g/mol. The van der Waals surface area contributed by atoms with Gasteiger partial charge in [0, 0.05) is 26.2 Å². The zero-order valence-corrected chi connectivity index (χ0v) is 12.6. The number of hydrogen-bond donors (Lipinski definition) is 2. The summed E-state index contributed by atoms with van der Waals surface area (Å²) in [6.07, 6.45) is 2.50. The van der Waals surface area contributed by atoms with Gasteiger partial charge in [-0.2, -0.15) is 5.26 Å². The van der Waals surface area contributed by atoms with Gasteiger partial charge in [-0.25, -0.2) is 0 Å². The third kappa shape index (κ3) is 4.47. The Balaban J connectivity index is 2.04. The van der Waals surface area contributed by atoms with Crippen molar-refractivity contribution in [1.82, 2.24) is 10.6 Å². The van der Waals surface area contributed by atoms with E-state index in [9.17, 15) is 10.1 Å². The lowest BCUT2D eigenvalue weighted by molar-refractivity contribution is -0.119. The van der Waals surface area contributed by atoms with Gasteiger partial charge < -0.3 is 15.5 Å². The maximum absolute atomic E-state index is 11.6.